The number of hydrogen-bond acceptors (Lipinski definition) is 7. The molecule has 0 aromatic heterocycles. The van der Waals surface area contributed by atoms with Crippen LogP contribution in [0.1, 0.15) is 5.56 Å². The summed E-state index contributed by atoms with van der Waals surface area (Å²) in [7, 11) is 6.01. The van der Waals surface area contributed by atoms with E-state index in [1.54, 1.807) is 36.4 Å². The molecule has 0 fully saturated rings. The summed E-state index contributed by atoms with van der Waals surface area (Å²) in [5.41, 5.74) is 3.19. The summed E-state index contributed by atoms with van der Waals surface area (Å²) in [5, 5.41) is 6.24. The molecule has 28 heavy (non-hydrogen) atoms. The van der Waals surface area contributed by atoms with Crippen molar-refractivity contribution >= 4 is 23.7 Å². The largest absolute Gasteiger partial charge is 0.497 e. The highest BCUT2D eigenvalue weighted by Crippen LogP contribution is 2.37. The van der Waals surface area contributed by atoms with Gasteiger partial charge in [0.25, 0.3) is 0 Å². The number of nitrogens with one attached hydrogen (secondary N) is 2. The average molecular weight is 387 g/mol. The first-order valence-electron chi connectivity index (χ1n) is 8.10. The lowest BCUT2D eigenvalue weighted by Gasteiger charge is -2.12. The van der Waals surface area contributed by atoms with E-state index in [0.29, 0.717) is 34.2 Å². The fourth-order valence-electron chi connectivity index (χ4n) is 2.25. The Balaban J connectivity index is 2.01. The van der Waals surface area contributed by atoms with E-state index in [0.717, 1.165) is 0 Å². The molecule has 2 N–H and O–H groups in total. The van der Waals surface area contributed by atoms with Crippen molar-refractivity contribution in [2.24, 2.45) is 5.10 Å². The third kappa shape index (κ3) is 5.13. The molecule has 0 aliphatic rings. The predicted molar refractivity (Wildman–Crippen MR) is 103 cm³/mol. The van der Waals surface area contributed by atoms with Crippen LogP contribution >= 0.6 is 0 Å². The molecule has 0 saturated heterocycles. The smallest absolute Gasteiger partial charge is 0.329 e. The molecule has 148 valence electrons. The van der Waals surface area contributed by atoms with E-state index in [-0.39, 0.29) is 0 Å². The minimum atomic E-state index is -0.917. The summed E-state index contributed by atoms with van der Waals surface area (Å²) in [6.45, 7) is 0. The van der Waals surface area contributed by atoms with Gasteiger partial charge in [-0.25, -0.2) is 5.43 Å². The Kier molecular flexibility index (Phi) is 7.21. The lowest BCUT2D eigenvalue weighted by atomic mass is 10.2. The average Bonchev–Trinajstić information content (AvgIpc) is 2.73. The van der Waals surface area contributed by atoms with Crippen molar-refractivity contribution in [1.29, 1.82) is 0 Å². The Morgan fingerprint density at radius 3 is 1.96 bits per heavy atom. The molecule has 0 spiro atoms. The van der Waals surface area contributed by atoms with Crippen LogP contribution in [0.3, 0.4) is 0 Å². The summed E-state index contributed by atoms with van der Waals surface area (Å²) >= 11 is 0. The Bertz CT molecular complexity index is 839. The number of amides is 2. The summed E-state index contributed by atoms with van der Waals surface area (Å²) in [4.78, 5) is 23.8. The van der Waals surface area contributed by atoms with Gasteiger partial charge in [0, 0.05) is 11.3 Å². The van der Waals surface area contributed by atoms with Gasteiger partial charge in [0.15, 0.2) is 11.5 Å². The van der Waals surface area contributed by atoms with Crippen molar-refractivity contribution in [2.45, 2.75) is 0 Å². The molecule has 9 heteroatoms. The van der Waals surface area contributed by atoms with Crippen molar-refractivity contribution in [3.05, 3.63) is 42.0 Å². The fraction of sp³-hybridized carbons (Fsp3) is 0.211. The molecule has 0 unspecified atom stereocenters. The van der Waals surface area contributed by atoms with E-state index in [9.17, 15) is 9.59 Å². The zero-order chi connectivity index (χ0) is 20.5. The predicted octanol–water partition coefficient (Wildman–Crippen LogP) is 1.81. The first-order chi connectivity index (χ1) is 13.5. The third-order valence-electron chi connectivity index (χ3n) is 3.62. The number of ether oxygens (including phenoxy) is 4. The molecule has 2 aromatic rings. The Hall–Kier alpha value is -3.75. The van der Waals surface area contributed by atoms with Crippen LogP contribution in [-0.2, 0) is 9.59 Å². The van der Waals surface area contributed by atoms with Gasteiger partial charge in [0.05, 0.1) is 34.7 Å². The number of benzene rings is 2. The molecule has 0 atom stereocenters. The topological polar surface area (TPSA) is 107 Å². The van der Waals surface area contributed by atoms with Crippen LogP contribution < -0.4 is 29.7 Å². The van der Waals surface area contributed by atoms with Crippen LogP contribution in [0.15, 0.2) is 41.5 Å². The van der Waals surface area contributed by atoms with E-state index < -0.39 is 11.8 Å². The molecule has 0 heterocycles. The monoisotopic (exact) mass is 387 g/mol. The molecule has 0 saturated carbocycles. The van der Waals surface area contributed by atoms with Crippen LogP contribution in [0.5, 0.6) is 23.0 Å². The number of carbonyl (C=O) groups excluding carboxylic acids is 2. The van der Waals surface area contributed by atoms with Crippen molar-refractivity contribution in [3.63, 3.8) is 0 Å². The number of methoxy groups -OCH3 is 4. The van der Waals surface area contributed by atoms with Crippen LogP contribution in [0.2, 0.25) is 0 Å². The van der Waals surface area contributed by atoms with Gasteiger partial charge in [0.1, 0.15) is 5.75 Å². The third-order valence-corrected chi connectivity index (χ3v) is 3.62. The number of nitrogens with zero attached hydrogens (tertiary/aromatic N) is 1. The number of carbonyl (C=O) groups is 2. The van der Waals surface area contributed by atoms with Gasteiger partial charge >= 0.3 is 11.8 Å². The first-order valence-corrected chi connectivity index (χ1v) is 8.10. The molecule has 2 rings (SSSR count). The summed E-state index contributed by atoms with van der Waals surface area (Å²) < 4.78 is 20.7. The van der Waals surface area contributed by atoms with Crippen molar-refractivity contribution < 1.29 is 28.5 Å². The molecule has 0 aliphatic carbocycles. The van der Waals surface area contributed by atoms with Gasteiger partial charge in [-0.1, -0.05) is 0 Å². The molecule has 0 aliphatic heterocycles. The minimum Gasteiger partial charge on any atom is -0.497 e. The number of hydrazone groups is 1. The Morgan fingerprint density at radius 1 is 0.857 bits per heavy atom. The van der Waals surface area contributed by atoms with Crippen LogP contribution in [0.25, 0.3) is 0 Å². The van der Waals surface area contributed by atoms with Gasteiger partial charge in [-0.15, -0.1) is 0 Å². The highest BCUT2D eigenvalue weighted by molar-refractivity contribution is 6.39. The van der Waals surface area contributed by atoms with Crippen molar-refractivity contribution in [3.8, 4) is 23.0 Å². The maximum atomic E-state index is 11.9. The van der Waals surface area contributed by atoms with Crippen molar-refractivity contribution in [2.75, 3.05) is 33.8 Å². The Labute approximate surface area is 162 Å². The molecule has 0 radical (unpaired) electrons. The van der Waals surface area contributed by atoms with Gasteiger partial charge in [-0.3, -0.25) is 9.59 Å². The Morgan fingerprint density at radius 2 is 1.46 bits per heavy atom. The number of hydrogen-bond donors (Lipinski definition) is 2. The number of anilines is 1. The zero-order valence-corrected chi connectivity index (χ0v) is 15.9. The van der Waals surface area contributed by atoms with E-state index in [1.165, 1.54) is 34.7 Å². The molecular weight excluding hydrogens is 366 g/mol. The highest BCUT2D eigenvalue weighted by atomic mass is 16.5. The molecular formula is C19H21N3O6. The van der Waals surface area contributed by atoms with E-state index in [2.05, 4.69) is 15.8 Å². The lowest BCUT2D eigenvalue weighted by molar-refractivity contribution is -0.136. The van der Waals surface area contributed by atoms with Gasteiger partial charge in [0.2, 0.25) is 5.75 Å². The lowest BCUT2D eigenvalue weighted by Crippen LogP contribution is -2.32. The van der Waals surface area contributed by atoms with Crippen LogP contribution in [0.4, 0.5) is 5.69 Å². The van der Waals surface area contributed by atoms with Gasteiger partial charge in [-0.05, 0) is 36.4 Å². The highest BCUT2D eigenvalue weighted by Gasteiger charge is 2.14. The number of rotatable bonds is 7. The van der Waals surface area contributed by atoms with Crippen molar-refractivity contribution in [1.82, 2.24) is 5.43 Å². The molecule has 0 bridgehead atoms. The molecule has 2 aromatic carbocycles. The maximum Gasteiger partial charge on any atom is 0.329 e. The maximum absolute atomic E-state index is 11.9. The second-order valence-electron chi connectivity index (χ2n) is 5.34. The minimum absolute atomic E-state index is 0.435. The first kappa shape index (κ1) is 20.6. The second-order valence-corrected chi connectivity index (χ2v) is 5.34. The SMILES string of the molecule is COc1ccc(NC(=O)C(=O)N/N=C/c2cc(OC)c(OC)c(OC)c2)cc1. The van der Waals surface area contributed by atoms with E-state index >= 15 is 0 Å². The quantitative estimate of drug-likeness (QED) is 0.426. The van der Waals surface area contributed by atoms with Gasteiger partial charge < -0.3 is 24.3 Å². The summed E-state index contributed by atoms with van der Waals surface area (Å²) in [5.74, 6) is 0.174. The van der Waals surface area contributed by atoms with Crippen LogP contribution in [0, 0.1) is 0 Å². The standard InChI is InChI=1S/C19H21N3O6/c1-25-14-7-5-13(6-8-14)21-18(23)19(24)22-20-11-12-9-15(26-2)17(28-4)16(10-12)27-3/h5-11H,1-4H3,(H,21,23)(H,22,24)/b20-11+. The van der Waals surface area contributed by atoms with Crippen LogP contribution in [-0.4, -0.2) is 46.5 Å². The summed E-state index contributed by atoms with van der Waals surface area (Å²) in [6, 6.07) is 9.85. The normalized spacial score (nSPS) is 10.3. The fourth-order valence-corrected chi connectivity index (χ4v) is 2.25. The summed E-state index contributed by atoms with van der Waals surface area (Å²) in [6.07, 6.45) is 1.35. The van der Waals surface area contributed by atoms with E-state index in [4.69, 9.17) is 18.9 Å². The van der Waals surface area contributed by atoms with E-state index in [1.807, 2.05) is 0 Å². The zero-order valence-electron chi connectivity index (χ0n) is 15.9. The second kappa shape index (κ2) is 9.81. The molecule has 2 amide bonds. The molecule has 9 nitrogen and oxygen atoms in total. The van der Waals surface area contributed by atoms with Gasteiger partial charge in [-0.2, -0.15) is 5.10 Å².